The number of nitrogens with one attached hydrogen (secondary N) is 1. The van der Waals surface area contributed by atoms with Crippen molar-refractivity contribution in [3.63, 3.8) is 0 Å². The molecule has 0 unspecified atom stereocenters. The average Bonchev–Trinajstić information content (AvgIpc) is 2.63. The second-order valence-corrected chi connectivity index (χ2v) is 5.82. The molecule has 0 heterocycles. The van der Waals surface area contributed by atoms with Crippen molar-refractivity contribution >= 4 is 5.91 Å². The molecule has 1 rings (SSSR count). The maximum atomic E-state index is 12.0. The SMILES string of the molecule is CC(C)(CN)CNC(=O)C1(C)CCCC1. The van der Waals surface area contributed by atoms with E-state index in [2.05, 4.69) is 26.1 Å². The fourth-order valence-electron chi connectivity index (χ4n) is 1.99. The lowest BCUT2D eigenvalue weighted by atomic mass is 9.87. The smallest absolute Gasteiger partial charge is 0.225 e. The van der Waals surface area contributed by atoms with Crippen molar-refractivity contribution in [2.24, 2.45) is 16.6 Å². The van der Waals surface area contributed by atoms with Crippen LogP contribution >= 0.6 is 0 Å². The van der Waals surface area contributed by atoms with Crippen LogP contribution in [-0.4, -0.2) is 19.0 Å². The van der Waals surface area contributed by atoms with Gasteiger partial charge in [-0.3, -0.25) is 4.79 Å². The fourth-order valence-corrected chi connectivity index (χ4v) is 1.99. The quantitative estimate of drug-likeness (QED) is 0.744. The van der Waals surface area contributed by atoms with Gasteiger partial charge in [-0.2, -0.15) is 0 Å². The molecule has 3 heteroatoms. The summed E-state index contributed by atoms with van der Waals surface area (Å²) in [6.07, 6.45) is 4.43. The zero-order valence-electron chi connectivity index (χ0n) is 10.2. The van der Waals surface area contributed by atoms with Crippen LogP contribution in [0.2, 0.25) is 0 Å². The Kier molecular flexibility index (Phi) is 3.77. The van der Waals surface area contributed by atoms with E-state index in [1.807, 2.05) is 0 Å². The first-order valence-electron chi connectivity index (χ1n) is 5.88. The second-order valence-electron chi connectivity index (χ2n) is 5.82. The van der Waals surface area contributed by atoms with Crippen molar-refractivity contribution in [2.75, 3.05) is 13.1 Å². The van der Waals surface area contributed by atoms with E-state index in [1.54, 1.807) is 0 Å². The molecule has 0 spiro atoms. The summed E-state index contributed by atoms with van der Waals surface area (Å²) < 4.78 is 0. The standard InChI is InChI=1S/C12H24N2O/c1-11(2,8-13)9-14-10(15)12(3)6-4-5-7-12/h4-9,13H2,1-3H3,(H,14,15). The molecule has 0 aliphatic heterocycles. The van der Waals surface area contributed by atoms with Crippen molar-refractivity contribution in [3.8, 4) is 0 Å². The molecule has 0 aromatic carbocycles. The van der Waals surface area contributed by atoms with Gasteiger partial charge in [0, 0.05) is 12.0 Å². The Morgan fingerprint density at radius 3 is 2.40 bits per heavy atom. The van der Waals surface area contributed by atoms with E-state index in [0.29, 0.717) is 13.1 Å². The molecule has 1 amide bonds. The van der Waals surface area contributed by atoms with Gasteiger partial charge in [-0.05, 0) is 24.8 Å². The van der Waals surface area contributed by atoms with Crippen LogP contribution in [0.5, 0.6) is 0 Å². The molecule has 3 N–H and O–H groups in total. The predicted octanol–water partition coefficient (Wildman–Crippen LogP) is 1.67. The first kappa shape index (κ1) is 12.5. The van der Waals surface area contributed by atoms with E-state index in [4.69, 9.17) is 5.73 Å². The average molecular weight is 212 g/mol. The van der Waals surface area contributed by atoms with Gasteiger partial charge >= 0.3 is 0 Å². The summed E-state index contributed by atoms with van der Waals surface area (Å²) in [6, 6.07) is 0. The van der Waals surface area contributed by atoms with Gasteiger partial charge in [-0.15, -0.1) is 0 Å². The zero-order chi connectivity index (χ0) is 11.5. The van der Waals surface area contributed by atoms with Gasteiger partial charge in [0.15, 0.2) is 0 Å². The third-order valence-electron chi connectivity index (χ3n) is 3.54. The van der Waals surface area contributed by atoms with E-state index >= 15 is 0 Å². The summed E-state index contributed by atoms with van der Waals surface area (Å²) in [5.74, 6) is 0.210. The van der Waals surface area contributed by atoms with Gasteiger partial charge in [-0.1, -0.05) is 33.6 Å². The van der Waals surface area contributed by atoms with Crippen LogP contribution in [0.15, 0.2) is 0 Å². The maximum Gasteiger partial charge on any atom is 0.225 e. The molecule has 1 aliphatic rings. The monoisotopic (exact) mass is 212 g/mol. The Morgan fingerprint density at radius 2 is 1.93 bits per heavy atom. The van der Waals surface area contributed by atoms with Crippen LogP contribution in [0.25, 0.3) is 0 Å². The Labute approximate surface area is 92.8 Å². The van der Waals surface area contributed by atoms with Gasteiger partial charge in [0.25, 0.3) is 0 Å². The van der Waals surface area contributed by atoms with Crippen molar-refractivity contribution in [3.05, 3.63) is 0 Å². The lowest BCUT2D eigenvalue weighted by Gasteiger charge is -2.27. The second kappa shape index (κ2) is 4.52. The summed E-state index contributed by atoms with van der Waals surface area (Å²) in [7, 11) is 0. The van der Waals surface area contributed by atoms with Crippen LogP contribution in [0.3, 0.4) is 0 Å². The molecule has 0 aromatic rings. The maximum absolute atomic E-state index is 12.0. The van der Waals surface area contributed by atoms with Crippen LogP contribution in [0.1, 0.15) is 46.5 Å². The van der Waals surface area contributed by atoms with Crippen LogP contribution in [0.4, 0.5) is 0 Å². The van der Waals surface area contributed by atoms with Crippen molar-refractivity contribution in [2.45, 2.75) is 46.5 Å². The lowest BCUT2D eigenvalue weighted by molar-refractivity contribution is -0.130. The molecule has 88 valence electrons. The van der Waals surface area contributed by atoms with Gasteiger partial charge in [0.05, 0.1) is 0 Å². The van der Waals surface area contributed by atoms with E-state index in [1.165, 1.54) is 12.8 Å². The molecule has 1 fully saturated rings. The van der Waals surface area contributed by atoms with E-state index < -0.39 is 0 Å². The fraction of sp³-hybridized carbons (Fsp3) is 0.917. The highest BCUT2D eigenvalue weighted by molar-refractivity contribution is 5.82. The predicted molar refractivity (Wildman–Crippen MR) is 62.4 cm³/mol. The molecular formula is C12H24N2O. The molecule has 0 bridgehead atoms. The lowest BCUT2D eigenvalue weighted by Crippen LogP contribution is -2.43. The molecule has 0 atom stereocenters. The van der Waals surface area contributed by atoms with Crippen LogP contribution < -0.4 is 11.1 Å². The van der Waals surface area contributed by atoms with Gasteiger partial charge in [-0.25, -0.2) is 0 Å². The highest BCUT2D eigenvalue weighted by Gasteiger charge is 2.36. The van der Waals surface area contributed by atoms with E-state index in [9.17, 15) is 4.79 Å². The highest BCUT2D eigenvalue weighted by atomic mass is 16.2. The van der Waals surface area contributed by atoms with E-state index in [0.717, 1.165) is 12.8 Å². The Balaban J connectivity index is 2.42. The van der Waals surface area contributed by atoms with Crippen LogP contribution in [0, 0.1) is 10.8 Å². The molecule has 0 aromatic heterocycles. The summed E-state index contributed by atoms with van der Waals surface area (Å²) in [6.45, 7) is 7.50. The molecule has 3 nitrogen and oxygen atoms in total. The molecular weight excluding hydrogens is 188 g/mol. The number of amides is 1. The summed E-state index contributed by atoms with van der Waals surface area (Å²) in [5.41, 5.74) is 5.51. The van der Waals surface area contributed by atoms with Crippen LogP contribution in [-0.2, 0) is 4.79 Å². The number of carbonyl (C=O) groups excluding carboxylic acids is 1. The Morgan fingerprint density at radius 1 is 1.40 bits per heavy atom. The number of nitrogens with two attached hydrogens (primary N) is 1. The highest BCUT2D eigenvalue weighted by Crippen LogP contribution is 2.37. The topological polar surface area (TPSA) is 55.1 Å². The third-order valence-corrected chi connectivity index (χ3v) is 3.54. The minimum Gasteiger partial charge on any atom is -0.355 e. The summed E-state index contributed by atoms with van der Waals surface area (Å²) in [5, 5.41) is 3.04. The number of hydrogen-bond donors (Lipinski definition) is 2. The molecule has 0 radical (unpaired) electrons. The molecule has 15 heavy (non-hydrogen) atoms. The first-order chi connectivity index (χ1) is 6.90. The zero-order valence-corrected chi connectivity index (χ0v) is 10.2. The largest absolute Gasteiger partial charge is 0.355 e. The summed E-state index contributed by atoms with van der Waals surface area (Å²) in [4.78, 5) is 12.0. The summed E-state index contributed by atoms with van der Waals surface area (Å²) >= 11 is 0. The molecule has 0 saturated heterocycles. The van der Waals surface area contributed by atoms with Crippen molar-refractivity contribution in [1.82, 2.24) is 5.32 Å². The minimum atomic E-state index is -0.120. The van der Waals surface area contributed by atoms with Crippen molar-refractivity contribution in [1.29, 1.82) is 0 Å². The number of hydrogen-bond acceptors (Lipinski definition) is 2. The Hall–Kier alpha value is -0.570. The first-order valence-corrected chi connectivity index (χ1v) is 5.88. The third kappa shape index (κ3) is 3.20. The van der Waals surface area contributed by atoms with Gasteiger partial charge < -0.3 is 11.1 Å². The van der Waals surface area contributed by atoms with Gasteiger partial charge in [0.1, 0.15) is 0 Å². The van der Waals surface area contributed by atoms with Crippen molar-refractivity contribution < 1.29 is 4.79 Å². The molecule has 1 saturated carbocycles. The minimum absolute atomic E-state index is 0.00459. The normalized spacial score (nSPS) is 20.3. The Bertz CT molecular complexity index is 230. The number of rotatable bonds is 4. The molecule has 1 aliphatic carbocycles. The van der Waals surface area contributed by atoms with Gasteiger partial charge in [0.2, 0.25) is 5.91 Å². The van der Waals surface area contributed by atoms with E-state index in [-0.39, 0.29) is 16.7 Å². The number of carbonyl (C=O) groups is 1.